The van der Waals surface area contributed by atoms with Gasteiger partial charge < -0.3 is 5.32 Å². The van der Waals surface area contributed by atoms with Crippen LogP contribution < -0.4 is 15.9 Å². The maximum absolute atomic E-state index is 12.3. The lowest BCUT2D eigenvalue weighted by atomic mass is 10.1. The van der Waals surface area contributed by atoms with Crippen molar-refractivity contribution in [2.45, 2.75) is 26.8 Å². The van der Waals surface area contributed by atoms with Crippen molar-refractivity contribution in [3.63, 3.8) is 0 Å². The van der Waals surface area contributed by atoms with Crippen molar-refractivity contribution in [2.75, 3.05) is 18.0 Å². The topological polar surface area (TPSA) is 97.2 Å². The zero-order valence-electron chi connectivity index (χ0n) is 14.1. The van der Waals surface area contributed by atoms with Crippen molar-refractivity contribution in [1.29, 1.82) is 0 Å². The summed E-state index contributed by atoms with van der Waals surface area (Å²) in [6, 6.07) is 1.82. The third kappa shape index (κ3) is 3.76. The molecule has 0 radical (unpaired) electrons. The molecule has 2 amide bonds. The molecule has 0 aromatic carbocycles. The van der Waals surface area contributed by atoms with Gasteiger partial charge in [0.2, 0.25) is 11.8 Å². The minimum Gasteiger partial charge on any atom is -0.354 e. The van der Waals surface area contributed by atoms with Gasteiger partial charge in [0, 0.05) is 49.0 Å². The van der Waals surface area contributed by atoms with Gasteiger partial charge >= 0.3 is 5.69 Å². The number of hydrogen-bond donors (Lipinski definition) is 1. The van der Waals surface area contributed by atoms with E-state index in [9.17, 15) is 14.4 Å². The fourth-order valence-electron chi connectivity index (χ4n) is 2.90. The molecule has 0 bridgehead atoms. The molecule has 3 heterocycles. The minimum absolute atomic E-state index is 0.0927. The Hall–Kier alpha value is -2.55. The first-order valence-electron chi connectivity index (χ1n) is 7.98. The molecule has 25 heavy (non-hydrogen) atoms. The summed E-state index contributed by atoms with van der Waals surface area (Å²) in [7, 11) is 0. The van der Waals surface area contributed by atoms with Crippen LogP contribution in [0, 0.1) is 19.8 Å². The first-order chi connectivity index (χ1) is 12.0. The van der Waals surface area contributed by atoms with Crippen LogP contribution in [0.3, 0.4) is 0 Å². The summed E-state index contributed by atoms with van der Waals surface area (Å²) in [5, 5.41) is 5.22. The second-order valence-corrected chi connectivity index (χ2v) is 6.86. The van der Waals surface area contributed by atoms with Gasteiger partial charge in [0.15, 0.2) is 5.13 Å². The van der Waals surface area contributed by atoms with Crippen LogP contribution in [0.25, 0.3) is 0 Å². The highest BCUT2D eigenvalue weighted by Gasteiger charge is 2.35. The number of nitrogens with one attached hydrogen (secondary N) is 1. The Balaban J connectivity index is 1.55. The van der Waals surface area contributed by atoms with E-state index in [1.165, 1.54) is 15.9 Å². The fourth-order valence-corrected chi connectivity index (χ4v) is 3.57. The van der Waals surface area contributed by atoms with E-state index in [0.717, 1.165) is 5.69 Å². The highest BCUT2D eigenvalue weighted by molar-refractivity contribution is 7.13. The maximum Gasteiger partial charge on any atom is 0.348 e. The zero-order chi connectivity index (χ0) is 18.0. The Morgan fingerprint density at radius 1 is 1.40 bits per heavy atom. The number of aromatic nitrogens is 3. The Morgan fingerprint density at radius 2 is 2.20 bits per heavy atom. The van der Waals surface area contributed by atoms with Crippen molar-refractivity contribution in [3.05, 3.63) is 39.5 Å². The van der Waals surface area contributed by atoms with E-state index in [1.807, 2.05) is 13.0 Å². The van der Waals surface area contributed by atoms with Gasteiger partial charge in [-0.25, -0.2) is 9.78 Å². The van der Waals surface area contributed by atoms with Gasteiger partial charge in [0.1, 0.15) is 0 Å². The third-order valence-corrected chi connectivity index (χ3v) is 4.92. The van der Waals surface area contributed by atoms with Crippen LogP contribution in [0.15, 0.2) is 22.4 Å². The van der Waals surface area contributed by atoms with Crippen molar-refractivity contribution < 1.29 is 9.59 Å². The SMILES string of the molecule is Cc1cc(C)n(CCNC(=O)C2CC(=O)N(c3nccs3)C2)c(=O)n1. The average Bonchev–Trinajstić information content (AvgIpc) is 3.18. The predicted molar refractivity (Wildman–Crippen MR) is 93.6 cm³/mol. The van der Waals surface area contributed by atoms with E-state index in [2.05, 4.69) is 15.3 Å². The third-order valence-electron chi connectivity index (χ3n) is 4.13. The standard InChI is InChI=1S/C16H19N5O3S/c1-10-7-11(2)20(15(24)19-10)5-3-17-14(23)12-8-13(22)21(9-12)16-18-4-6-25-16/h4,6-7,12H,3,5,8-9H2,1-2H3,(H,17,23). The number of carbonyl (C=O) groups is 2. The van der Waals surface area contributed by atoms with Crippen molar-refractivity contribution >= 4 is 28.3 Å². The van der Waals surface area contributed by atoms with Crippen LogP contribution in [-0.2, 0) is 16.1 Å². The molecule has 1 aliphatic rings. The Bertz CT molecular complexity index is 846. The molecule has 0 saturated carbocycles. The van der Waals surface area contributed by atoms with E-state index in [1.54, 1.807) is 23.4 Å². The number of aryl methyl sites for hydroxylation is 2. The number of thiazole rings is 1. The maximum atomic E-state index is 12.3. The van der Waals surface area contributed by atoms with Crippen LogP contribution >= 0.6 is 11.3 Å². The first kappa shape index (κ1) is 17.3. The molecule has 1 N–H and O–H groups in total. The molecule has 1 saturated heterocycles. The minimum atomic E-state index is -0.398. The van der Waals surface area contributed by atoms with E-state index < -0.39 is 5.92 Å². The number of anilines is 1. The average molecular weight is 361 g/mol. The normalized spacial score (nSPS) is 17.1. The molecule has 2 aromatic heterocycles. The van der Waals surface area contributed by atoms with Gasteiger partial charge in [-0.15, -0.1) is 11.3 Å². The molecule has 132 valence electrons. The molecule has 1 unspecified atom stereocenters. The highest BCUT2D eigenvalue weighted by atomic mass is 32.1. The fraction of sp³-hybridized carbons (Fsp3) is 0.438. The summed E-state index contributed by atoms with van der Waals surface area (Å²) in [4.78, 5) is 45.8. The van der Waals surface area contributed by atoms with E-state index in [-0.39, 0.29) is 23.9 Å². The van der Waals surface area contributed by atoms with Crippen LogP contribution in [0.4, 0.5) is 5.13 Å². The Kier molecular flexibility index (Phi) is 4.93. The van der Waals surface area contributed by atoms with Gasteiger partial charge in [-0.05, 0) is 19.9 Å². The van der Waals surface area contributed by atoms with Gasteiger partial charge in [0.25, 0.3) is 0 Å². The quantitative estimate of drug-likeness (QED) is 0.836. The zero-order valence-corrected chi connectivity index (χ0v) is 14.9. The Labute approximate surface area is 148 Å². The molecule has 1 atom stereocenters. The summed E-state index contributed by atoms with van der Waals surface area (Å²) < 4.78 is 1.52. The van der Waals surface area contributed by atoms with E-state index in [0.29, 0.717) is 30.5 Å². The molecule has 0 aliphatic carbocycles. The lowest BCUT2D eigenvalue weighted by Gasteiger charge is -2.14. The van der Waals surface area contributed by atoms with Crippen molar-refractivity contribution in [1.82, 2.24) is 19.9 Å². The largest absolute Gasteiger partial charge is 0.354 e. The number of hydrogen-bond acceptors (Lipinski definition) is 6. The molecule has 1 aliphatic heterocycles. The number of nitrogens with zero attached hydrogens (tertiary/aromatic N) is 4. The predicted octanol–water partition coefficient (Wildman–Crippen LogP) is 0.486. The second-order valence-electron chi connectivity index (χ2n) is 5.98. The molecule has 8 nitrogen and oxygen atoms in total. The van der Waals surface area contributed by atoms with E-state index in [4.69, 9.17) is 0 Å². The lowest BCUT2D eigenvalue weighted by Crippen LogP contribution is -2.37. The molecule has 0 spiro atoms. The van der Waals surface area contributed by atoms with Crippen molar-refractivity contribution in [2.24, 2.45) is 5.92 Å². The van der Waals surface area contributed by atoms with Crippen LogP contribution in [0.1, 0.15) is 17.8 Å². The van der Waals surface area contributed by atoms with Crippen molar-refractivity contribution in [3.8, 4) is 0 Å². The molecule has 9 heteroatoms. The highest BCUT2D eigenvalue weighted by Crippen LogP contribution is 2.26. The monoisotopic (exact) mass is 361 g/mol. The van der Waals surface area contributed by atoms with Gasteiger partial charge in [0.05, 0.1) is 5.92 Å². The summed E-state index contributed by atoms with van der Waals surface area (Å²) >= 11 is 1.37. The lowest BCUT2D eigenvalue weighted by molar-refractivity contribution is -0.126. The first-order valence-corrected chi connectivity index (χ1v) is 8.86. The van der Waals surface area contributed by atoms with Crippen LogP contribution in [-0.4, -0.2) is 39.4 Å². The van der Waals surface area contributed by atoms with Crippen LogP contribution in [0.5, 0.6) is 0 Å². The van der Waals surface area contributed by atoms with Gasteiger partial charge in [-0.3, -0.25) is 19.1 Å². The summed E-state index contributed by atoms with van der Waals surface area (Å²) in [6.45, 7) is 4.60. The smallest absolute Gasteiger partial charge is 0.348 e. The van der Waals surface area contributed by atoms with Gasteiger partial charge in [-0.1, -0.05) is 0 Å². The summed E-state index contributed by atoms with van der Waals surface area (Å²) in [5.74, 6) is -0.673. The van der Waals surface area contributed by atoms with Gasteiger partial charge in [-0.2, -0.15) is 4.98 Å². The number of rotatable bonds is 5. The molecular weight excluding hydrogens is 342 g/mol. The molecular formula is C16H19N5O3S. The second kappa shape index (κ2) is 7.14. The summed E-state index contributed by atoms with van der Waals surface area (Å²) in [6.07, 6.45) is 1.81. The Morgan fingerprint density at radius 3 is 2.88 bits per heavy atom. The number of carbonyl (C=O) groups excluding carboxylic acids is 2. The molecule has 2 aromatic rings. The van der Waals surface area contributed by atoms with Crippen LogP contribution in [0.2, 0.25) is 0 Å². The molecule has 3 rings (SSSR count). The number of amides is 2. The van der Waals surface area contributed by atoms with E-state index >= 15 is 0 Å². The summed E-state index contributed by atoms with van der Waals surface area (Å²) in [5.41, 5.74) is 1.16. The molecule has 1 fully saturated rings.